The van der Waals surface area contributed by atoms with Gasteiger partial charge in [0.15, 0.2) is 5.96 Å². The fraction of sp³-hybridized carbons (Fsp3) is 0.720. The molecule has 32 heavy (non-hydrogen) atoms. The average Bonchev–Trinajstić information content (AvgIpc) is 3.26. The molecule has 0 unspecified atom stereocenters. The van der Waals surface area contributed by atoms with Crippen molar-refractivity contribution in [1.29, 1.82) is 0 Å². The first-order valence-electron chi connectivity index (χ1n) is 12.1. The number of rotatable bonds is 10. The van der Waals surface area contributed by atoms with E-state index in [9.17, 15) is 0 Å². The minimum atomic E-state index is 0. The summed E-state index contributed by atoms with van der Waals surface area (Å²) in [6.45, 7) is 11.2. The Bertz CT molecular complexity index is 667. The SMILES string of the molecule is CCNC(=NCc1ccc(CN2CCN(C)CC2)cc1)NCC1(CCOC)CCCC1.I. The highest BCUT2D eigenvalue weighted by Gasteiger charge is 2.33. The van der Waals surface area contributed by atoms with Crippen LogP contribution >= 0.6 is 24.0 Å². The van der Waals surface area contributed by atoms with Gasteiger partial charge in [-0.15, -0.1) is 24.0 Å². The minimum Gasteiger partial charge on any atom is -0.385 e. The summed E-state index contributed by atoms with van der Waals surface area (Å²) in [5, 5.41) is 7.04. The number of ether oxygens (including phenoxy) is 1. The highest BCUT2D eigenvalue weighted by molar-refractivity contribution is 14.0. The molecular formula is C25H44IN5O. The van der Waals surface area contributed by atoms with Crippen molar-refractivity contribution in [3.63, 3.8) is 0 Å². The number of piperazine rings is 1. The van der Waals surface area contributed by atoms with Crippen molar-refractivity contribution in [2.45, 2.75) is 52.1 Å². The topological polar surface area (TPSA) is 52.1 Å². The van der Waals surface area contributed by atoms with E-state index in [4.69, 9.17) is 9.73 Å². The highest BCUT2D eigenvalue weighted by Crippen LogP contribution is 2.40. The fourth-order valence-corrected chi connectivity index (χ4v) is 4.76. The molecule has 7 heteroatoms. The van der Waals surface area contributed by atoms with Crippen LogP contribution in [0.4, 0.5) is 0 Å². The van der Waals surface area contributed by atoms with Crippen LogP contribution in [0.15, 0.2) is 29.3 Å². The molecule has 0 atom stereocenters. The Kier molecular flexibility index (Phi) is 12.3. The number of nitrogens with zero attached hydrogens (tertiary/aromatic N) is 3. The van der Waals surface area contributed by atoms with Crippen LogP contribution in [0.1, 0.15) is 50.2 Å². The lowest BCUT2D eigenvalue weighted by Crippen LogP contribution is -2.43. The Hall–Kier alpha value is -0.900. The summed E-state index contributed by atoms with van der Waals surface area (Å²) in [7, 11) is 4.01. The van der Waals surface area contributed by atoms with E-state index in [2.05, 4.69) is 58.7 Å². The second-order valence-corrected chi connectivity index (χ2v) is 9.39. The summed E-state index contributed by atoms with van der Waals surface area (Å²) in [4.78, 5) is 9.80. The molecule has 1 heterocycles. The maximum Gasteiger partial charge on any atom is 0.191 e. The van der Waals surface area contributed by atoms with Gasteiger partial charge in [0.1, 0.15) is 0 Å². The Morgan fingerprint density at radius 2 is 1.69 bits per heavy atom. The average molecular weight is 558 g/mol. The van der Waals surface area contributed by atoms with Crippen molar-refractivity contribution in [3.8, 4) is 0 Å². The van der Waals surface area contributed by atoms with Gasteiger partial charge in [-0.05, 0) is 49.8 Å². The maximum atomic E-state index is 5.37. The largest absolute Gasteiger partial charge is 0.385 e. The van der Waals surface area contributed by atoms with E-state index < -0.39 is 0 Å². The summed E-state index contributed by atoms with van der Waals surface area (Å²) in [6, 6.07) is 8.99. The Morgan fingerprint density at radius 1 is 1.03 bits per heavy atom. The molecule has 1 aliphatic carbocycles. The molecule has 0 amide bonds. The normalized spacial score (nSPS) is 19.5. The van der Waals surface area contributed by atoms with Gasteiger partial charge in [-0.25, -0.2) is 4.99 Å². The van der Waals surface area contributed by atoms with Crippen LogP contribution < -0.4 is 10.6 Å². The quantitative estimate of drug-likeness (QED) is 0.261. The number of methoxy groups -OCH3 is 1. The fourth-order valence-electron chi connectivity index (χ4n) is 4.76. The highest BCUT2D eigenvalue weighted by atomic mass is 127. The van der Waals surface area contributed by atoms with Crippen LogP contribution in [-0.2, 0) is 17.8 Å². The molecule has 6 nitrogen and oxygen atoms in total. The van der Waals surface area contributed by atoms with Gasteiger partial charge >= 0.3 is 0 Å². The van der Waals surface area contributed by atoms with Gasteiger partial charge in [-0.2, -0.15) is 0 Å². The van der Waals surface area contributed by atoms with Crippen molar-refractivity contribution >= 4 is 29.9 Å². The molecule has 2 fully saturated rings. The molecule has 0 bridgehead atoms. The van der Waals surface area contributed by atoms with Crippen LogP contribution in [0.3, 0.4) is 0 Å². The van der Waals surface area contributed by atoms with E-state index >= 15 is 0 Å². The van der Waals surface area contributed by atoms with Crippen LogP contribution in [0.5, 0.6) is 0 Å². The number of likely N-dealkylation sites (N-methyl/N-ethyl adjacent to an activating group) is 1. The smallest absolute Gasteiger partial charge is 0.191 e. The molecule has 0 aromatic heterocycles. The monoisotopic (exact) mass is 557 g/mol. The molecule has 182 valence electrons. The van der Waals surface area contributed by atoms with Gasteiger partial charge < -0.3 is 20.3 Å². The molecule has 2 aliphatic rings. The maximum absolute atomic E-state index is 5.37. The number of hydrogen-bond donors (Lipinski definition) is 2. The first-order valence-corrected chi connectivity index (χ1v) is 12.1. The number of halogens is 1. The number of aliphatic imine (C=N–C) groups is 1. The molecule has 1 aromatic carbocycles. The van der Waals surface area contributed by atoms with E-state index in [0.717, 1.165) is 51.7 Å². The molecule has 1 aromatic rings. The third-order valence-electron chi connectivity index (χ3n) is 6.92. The lowest BCUT2D eigenvalue weighted by Gasteiger charge is -2.32. The summed E-state index contributed by atoms with van der Waals surface area (Å²) >= 11 is 0. The van der Waals surface area contributed by atoms with E-state index in [1.54, 1.807) is 7.11 Å². The molecule has 0 spiro atoms. The summed E-state index contributed by atoms with van der Waals surface area (Å²) in [5.41, 5.74) is 3.01. The Labute approximate surface area is 212 Å². The van der Waals surface area contributed by atoms with Gasteiger partial charge in [-0.1, -0.05) is 37.1 Å². The van der Waals surface area contributed by atoms with Crippen molar-refractivity contribution in [2.75, 3.05) is 60.0 Å². The lowest BCUT2D eigenvalue weighted by molar-refractivity contribution is 0.138. The predicted molar refractivity (Wildman–Crippen MR) is 145 cm³/mol. The first kappa shape index (κ1) is 27.3. The van der Waals surface area contributed by atoms with Crippen LogP contribution in [0.25, 0.3) is 0 Å². The second kappa shape index (κ2) is 14.4. The first-order chi connectivity index (χ1) is 15.1. The summed E-state index contributed by atoms with van der Waals surface area (Å²) in [5.74, 6) is 0.924. The lowest BCUT2D eigenvalue weighted by atomic mass is 9.83. The van der Waals surface area contributed by atoms with E-state index in [1.165, 1.54) is 49.9 Å². The van der Waals surface area contributed by atoms with Gasteiger partial charge in [-0.3, -0.25) is 4.90 Å². The zero-order valence-electron chi connectivity index (χ0n) is 20.4. The van der Waals surface area contributed by atoms with Crippen LogP contribution in [0.2, 0.25) is 0 Å². The van der Waals surface area contributed by atoms with Gasteiger partial charge in [0.2, 0.25) is 0 Å². The van der Waals surface area contributed by atoms with Crippen molar-refractivity contribution < 1.29 is 4.74 Å². The van der Waals surface area contributed by atoms with Crippen LogP contribution in [-0.4, -0.2) is 75.8 Å². The van der Waals surface area contributed by atoms with Crippen molar-refractivity contribution in [2.24, 2.45) is 10.4 Å². The molecule has 1 saturated carbocycles. The van der Waals surface area contributed by atoms with E-state index in [-0.39, 0.29) is 24.0 Å². The zero-order valence-corrected chi connectivity index (χ0v) is 22.7. The number of hydrogen-bond acceptors (Lipinski definition) is 4. The third-order valence-corrected chi connectivity index (χ3v) is 6.92. The molecule has 2 N–H and O–H groups in total. The zero-order chi connectivity index (χ0) is 21.9. The van der Waals surface area contributed by atoms with Gasteiger partial charge in [0.25, 0.3) is 0 Å². The van der Waals surface area contributed by atoms with Crippen molar-refractivity contribution in [1.82, 2.24) is 20.4 Å². The number of benzene rings is 1. The Balaban J connectivity index is 0.00000363. The second-order valence-electron chi connectivity index (χ2n) is 9.39. The van der Waals surface area contributed by atoms with E-state index in [1.807, 2.05) is 0 Å². The predicted octanol–water partition coefficient (Wildman–Crippen LogP) is 3.70. The molecule has 0 radical (unpaired) electrons. The van der Waals surface area contributed by atoms with Gasteiger partial charge in [0, 0.05) is 59.5 Å². The standard InChI is InChI=1S/C25H43N5O.HI/c1-4-26-24(28-21-25(13-18-31-3)11-5-6-12-25)27-19-22-7-9-23(10-8-22)20-30-16-14-29(2)15-17-30;/h7-10H,4-6,11-21H2,1-3H3,(H2,26,27,28);1H. The summed E-state index contributed by atoms with van der Waals surface area (Å²) < 4.78 is 5.37. The van der Waals surface area contributed by atoms with E-state index in [0.29, 0.717) is 12.0 Å². The van der Waals surface area contributed by atoms with Crippen LogP contribution in [0, 0.1) is 5.41 Å². The molecule has 3 rings (SSSR count). The summed E-state index contributed by atoms with van der Waals surface area (Å²) in [6.07, 6.45) is 6.37. The molecule has 1 aliphatic heterocycles. The van der Waals surface area contributed by atoms with Gasteiger partial charge in [0.05, 0.1) is 6.54 Å². The Morgan fingerprint density at radius 3 is 2.31 bits per heavy atom. The minimum absolute atomic E-state index is 0. The molecule has 1 saturated heterocycles. The number of guanidine groups is 1. The third kappa shape index (κ3) is 8.80. The number of nitrogens with one attached hydrogen (secondary N) is 2. The molecular weight excluding hydrogens is 513 g/mol. The van der Waals surface area contributed by atoms with Crippen molar-refractivity contribution in [3.05, 3.63) is 35.4 Å².